The summed E-state index contributed by atoms with van der Waals surface area (Å²) in [5.41, 5.74) is 20.8. The molecule has 6 aromatic carbocycles. The van der Waals surface area contributed by atoms with Gasteiger partial charge >= 0.3 is 0 Å². The highest BCUT2D eigenvalue weighted by Crippen LogP contribution is 2.47. The molecule has 2 aliphatic heterocycles. The SMILES string of the molecule is CCOc1c2cc(C(C)(C)C)cc1Cc1cc(C(C)(C)C)cc3c1OCc1cc(OC)cc(n1)COc1c(cc(C(C)(C)C)cc1Cc1cc(C(C)(C)C)cc(c1OCC)Cc1cc(C(C)(C)C)cc(c1OCC)C3)Cc1cc(C(C)(C)C)cc(c1OCC)C2. The summed E-state index contributed by atoms with van der Waals surface area (Å²) in [5, 5.41) is 0. The minimum Gasteiger partial charge on any atom is -0.497 e. The number of nitrogens with zero attached hydrogens (tertiary/aromatic N) is 1. The summed E-state index contributed by atoms with van der Waals surface area (Å²) >= 11 is 0. The van der Waals surface area contributed by atoms with Crippen molar-refractivity contribution >= 4 is 0 Å². The zero-order valence-corrected chi connectivity index (χ0v) is 59.4. The molecule has 0 N–H and O–H groups in total. The lowest BCUT2D eigenvalue weighted by molar-refractivity contribution is 0.282. The first kappa shape index (κ1) is 67.5. The van der Waals surface area contributed by atoms with Crippen LogP contribution in [0.1, 0.15) is 264 Å². The fourth-order valence-electron chi connectivity index (χ4n) is 12.8. The molecule has 3 heterocycles. The Bertz CT molecular complexity index is 3330. The molecule has 8 nitrogen and oxygen atoms in total. The summed E-state index contributed by atoms with van der Waals surface area (Å²) in [6.45, 7) is 52.5. The maximum atomic E-state index is 7.53. The second-order valence-electron chi connectivity index (χ2n) is 31.6. The van der Waals surface area contributed by atoms with Crippen LogP contribution in [0, 0.1) is 0 Å². The number of pyridine rings is 1. The predicted octanol–water partition coefficient (Wildman–Crippen LogP) is 19.8. The molecular formula is C82H107NO7. The third-order valence-corrected chi connectivity index (χ3v) is 18.0. The lowest BCUT2D eigenvalue weighted by Gasteiger charge is -2.29. The van der Waals surface area contributed by atoms with Crippen LogP contribution in [0.4, 0.5) is 0 Å². The van der Waals surface area contributed by atoms with Crippen molar-refractivity contribution in [2.24, 2.45) is 0 Å². The van der Waals surface area contributed by atoms with Crippen LogP contribution in [0.15, 0.2) is 84.9 Å². The number of aromatic nitrogens is 1. The Hall–Kier alpha value is -6.93. The number of ether oxygens (including phenoxy) is 7. The molecule has 12 bridgehead atoms. The van der Waals surface area contributed by atoms with Crippen molar-refractivity contribution in [3.63, 3.8) is 0 Å². The van der Waals surface area contributed by atoms with E-state index in [4.69, 9.17) is 38.1 Å². The van der Waals surface area contributed by atoms with E-state index in [1.54, 1.807) is 7.11 Å². The Labute approximate surface area is 542 Å². The maximum Gasteiger partial charge on any atom is 0.130 e. The Kier molecular flexibility index (Phi) is 19.5. The highest BCUT2D eigenvalue weighted by Gasteiger charge is 2.32. The maximum absolute atomic E-state index is 7.53. The van der Waals surface area contributed by atoms with Crippen LogP contribution in [0.5, 0.6) is 40.2 Å². The van der Waals surface area contributed by atoms with Gasteiger partial charge in [0.2, 0.25) is 0 Å². The van der Waals surface area contributed by atoms with Crippen LogP contribution in [-0.2, 0) is 84.2 Å². The van der Waals surface area contributed by atoms with Crippen molar-refractivity contribution < 1.29 is 33.2 Å². The second kappa shape index (κ2) is 26.0. The first-order valence-corrected chi connectivity index (χ1v) is 33.4. The van der Waals surface area contributed by atoms with Crippen LogP contribution in [0.25, 0.3) is 0 Å². The molecule has 0 spiro atoms. The fourth-order valence-corrected chi connectivity index (χ4v) is 12.8. The molecule has 1 aromatic heterocycles. The molecule has 0 amide bonds. The molecule has 0 fully saturated rings. The van der Waals surface area contributed by atoms with E-state index >= 15 is 0 Å². The second-order valence-corrected chi connectivity index (χ2v) is 31.6. The van der Waals surface area contributed by atoms with Crippen LogP contribution in [-0.4, -0.2) is 38.5 Å². The van der Waals surface area contributed by atoms with E-state index in [0.717, 1.165) is 113 Å². The molecule has 2 aliphatic rings. The molecule has 9 rings (SSSR count). The third kappa shape index (κ3) is 15.2. The fraction of sp³-hybridized carbons (Fsp3) is 0.500. The number of hydrogen-bond acceptors (Lipinski definition) is 8. The van der Waals surface area contributed by atoms with E-state index in [0.29, 0.717) is 70.7 Å². The van der Waals surface area contributed by atoms with Crippen LogP contribution in [0.3, 0.4) is 0 Å². The molecule has 0 aliphatic carbocycles. The van der Waals surface area contributed by atoms with Gasteiger partial charge in [-0.25, -0.2) is 0 Å². The van der Waals surface area contributed by atoms with Crippen molar-refractivity contribution in [2.45, 2.75) is 237 Å². The minimum atomic E-state index is -0.229. The molecule has 0 saturated carbocycles. The number of rotatable bonds is 9. The molecule has 0 unspecified atom stereocenters. The molecule has 90 heavy (non-hydrogen) atoms. The van der Waals surface area contributed by atoms with Gasteiger partial charge in [-0.15, -0.1) is 0 Å². The van der Waals surface area contributed by atoms with Crippen LogP contribution in [0.2, 0.25) is 0 Å². The van der Waals surface area contributed by atoms with E-state index in [9.17, 15) is 0 Å². The first-order chi connectivity index (χ1) is 42.1. The van der Waals surface area contributed by atoms with Crippen LogP contribution < -0.4 is 33.2 Å². The summed E-state index contributed by atoms with van der Waals surface area (Å²) < 4.78 is 49.5. The molecule has 482 valence electrons. The third-order valence-electron chi connectivity index (χ3n) is 18.0. The zero-order valence-electron chi connectivity index (χ0n) is 59.4. The van der Waals surface area contributed by atoms with Gasteiger partial charge in [0.25, 0.3) is 0 Å². The lowest BCUT2D eigenvalue weighted by Crippen LogP contribution is -2.18. The highest BCUT2D eigenvalue weighted by atomic mass is 16.5. The summed E-state index contributed by atoms with van der Waals surface area (Å²) in [6, 6.07) is 32.8. The van der Waals surface area contributed by atoms with Crippen molar-refractivity contribution in [1.82, 2.24) is 4.98 Å². The molecule has 0 saturated heterocycles. The topological polar surface area (TPSA) is 77.5 Å². The summed E-state index contributed by atoms with van der Waals surface area (Å²) in [5.74, 6) is 5.92. The average molecular weight is 1220 g/mol. The Balaban J connectivity index is 1.53. The standard InChI is InChI=1S/C82H107NO7/c1-24-85-71-50-28-51-35-63(78(8,9)10)39-55(72(51)86-25-2)31-60-44-67(82(20,21)22)45-61-33-57-41-65(80(14,15)16)37-53(74(57)88-27-4)29-52-36-64(79(11,12)13)40-56(73(52)87-26-3)32-59-43-66(81(17,18)19)42-58(30-54(71)38-62(34-50)77(5,6)7)75(59)89-48-68-46-70(84-23)47-69(83-68)49-90-76(60)61/h34-47H,24-33,48-49H2,1-23H3. The van der Waals surface area contributed by atoms with Crippen molar-refractivity contribution in [1.29, 1.82) is 0 Å². The van der Waals surface area contributed by atoms with Crippen molar-refractivity contribution in [2.75, 3.05) is 33.5 Å². The van der Waals surface area contributed by atoms with E-state index < -0.39 is 0 Å². The van der Waals surface area contributed by atoms with Gasteiger partial charge in [0.1, 0.15) is 53.5 Å². The minimum absolute atomic E-state index is 0.183. The van der Waals surface area contributed by atoms with Gasteiger partial charge in [-0.05, 0) is 160 Å². The predicted molar refractivity (Wildman–Crippen MR) is 372 cm³/mol. The van der Waals surface area contributed by atoms with Gasteiger partial charge in [0.15, 0.2) is 0 Å². The number of fused-ring (bicyclic) bond motifs is 10. The quantitative estimate of drug-likeness (QED) is 0.141. The Morgan fingerprint density at radius 1 is 0.300 bits per heavy atom. The lowest BCUT2D eigenvalue weighted by atomic mass is 9.79. The molecular weight excluding hydrogens is 1110 g/mol. The molecule has 0 atom stereocenters. The van der Waals surface area contributed by atoms with Gasteiger partial charge < -0.3 is 33.2 Å². The number of benzene rings is 6. The number of methoxy groups -OCH3 is 1. The van der Waals surface area contributed by atoms with Gasteiger partial charge in [0, 0.05) is 50.7 Å². The summed E-state index contributed by atoms with van der Waals surface area (Å²) in [4.78, 5) is 5.42. The average Bonchev–Trinajstić information content (AvgIpc) is 0.786. The normalized spacial score (nSPS) is 14.2. The molecule has 0 radical (unpaired) electrons. The summed E-state index contributed by atoms with van der Waals surface area (Å²) in [7, 11) is 1.72. The number of hydrogen-bond donors (Lipinski definition) is 0. The summed E-state index contributed by atoms with van der Waals surface area (Å²) in [6.07, 6.45) is 3.36. The van der Waals surface area contributed by atoms with E-state index in [1.807, 2.05) is 12.1 Å². The van der Waals surface area contributed by atoms with Gasteiger partial charge in [-0.1, -0.05) is 197 Å². The van der Waals surface area contributed by atoms with Gasteiger partial charge in [-0.2, -0.15) is 0 Å². The van der Waals surface area contributed by atoms with Crippen molar-refractivity contribution in [3.8, 4) is 40.2 Å². The monoisotopic (exact) mass is 1220 g/mol. The highest BCUT2D eigenvalue weighted by molar-refractivity contribution is 5.62. The first-order valence-electron chi connectivity index (χ1n) is 33.4. The van der Waals surface area contributed by atoms with Gasteiger partial charge in [-0.3, -0.25) is 4.98 Å². The van der Waals surface area contributed by atoms with E-state index in [2.05, 4.69) is 225 Å². The smallest absolute Gasteiger partial charge is 0.130 e. The Morgan fingerprint density at radius 2 is 0.489 bits per heavy atom. The van der Waals surface area contributed by atoms with E-state index in [1.165, 1.54) is 33.4 Å². The largest absolute Gasteiger partial charge is 0.497 e. The van der Waals surface area contributed by atoms with Gasteiger partial charge in [0.05, 0.1) is 44.9 Å². The molecule has 8 heteroatoms. The zero-order chi connectivity index (χ0) is 65.6. The molecule has 7 aromatic rings. The van der Waals surface area contributed by atoms with Crippen LogP contribution >= 0.6 is 0 Å². The van der Waals surface area contributed by atoms with Crippen molar-refractivity contribution in [3.05, 3.63) is 196 Å². The Morgan fingerprint density at radius 3 is 0.667 bits per heavy atom. The van der Waals surface area contributed by atoms with E-state index in [-0.39, 0.29) is 45.7 Å².